The first-order valence-corrected chi connectivity index (χ1v) is 6.92. The number of carbonyl (C=O) groups excluding carboxylic acids is 1. The molecule has 0 N–H and O–H groups in total. The number of aromatic nitrogens is 1. The molecule has 1 aromatic heterocycles. The molecule has 1 aromatic rings. The molecule has 0 aromatic carbocycles. The monoisotopic (exact) mass is 332 g/mol. The molecule has 1 saturated heterocycles. The Hall–Kier alpha value is -0.810. The molecule has 0 saturated carbocycles. The highest BCUT2D eigenvalue weighted by atomic mass is 79.9. The lowest BCUT2D eigenvalue weighted by atomic mass is 9.98. The summed E-state index contributed by atoms with van der Waals surface area (Å²) in [5.41, 5.74) is 0. The van der Waals surface area contributed by atoms with Gasteiger partial charge < -0.3 is 9.64 Å². The fourth-order valence-corrected chi connectivity index (χ4v) is 2.92. The number of anilines is 1. The molecule has 1 unspecified atom stereocenters. The smallest absolute Gasteiger partial charge is 0.310 e. The van der Waals surface area contributed by atoms with Gasteiger partial charge in [0, 0.05) is 23.8 Å². The van der Waals surface area contributed by atoms with E-state index in [-0.39, 0.29) is 11.9 Å². The van der Waals surface area contributed by atoms with E-state index < -0.39 is 0 Å². The van der Waals surface area contributed by atoms with Gasteiger partial charge >= 0.3 is 5.97 Å². The SMILES string of the molecule is COC(=O)C1CCCN(c2ncc(Br)cc2Cl)C1. The molecule has 98 valence electrons. The van der Waals surface area contributed by atoms with Gasteiger partial charge in [0.15, 0.2) is 0 Å². The summed E-state index contributed by atoms with van der Waals surface area (Å²) < 4.78 is 5.64. The van der Waals surface area contributed by atoms with Crippen molar-refractivity contribution < 1.29 is 9.53 Å². The molecule has 0 aliphatic carbocycles. The van der Waals surface area contributed by atoms with Crippen molar-refractivity contribution in [1.29, 1.82) is 0 Å². The van der Waals surface area contributed by atoms with Gasteiger partial charge in [-0.2, -0.15) is 0 Å². The van der Waals surface area contributed by atoms with Gasteiger partial charge in [-0.05, 0) is 34.8 Å². The van der Waals surface area contributed by atoms with Crippen LogP contribution in [-0.4, -0.2) is 31.2 Å². The molecule has 1 fully saturated rings. The van der Waals surface area contributed by atoms with E-state index >= 15 is 0 Å². The van der Waals surface area contributed by atoms with Crippen LogP contribution in [0.3, 0.4) is 0 Å². The normalized spacial score (nSPS) is 19.7. The Labute approximate surface area is 119 Å². The van der Waals surface area contributed by atoms with Gasteiger partial charge in [0.2, 0.25) is 0 Å². The lowest BCUT2D eigenvalue weighted by Gasteiger charge is -2.32. The van der Waals surface area contributed by atoms with Crippen molar-refractivity contribution in [2.75, 3.05) is 25.1 Å². The number of pyridine rings is 1. The minimum atomic E-state index is -0.159. The van der Waals surface area contributed by atoms with Crippen LogP contribution in [0.15, 0.2) is 16.7 Å². The summed E-state index contributed by atoms with van der Waals surface area (Å²) in [4.78, 5) is 17.9. The minimum Gasteiger partial charge on any atom is -0.469 e. The lowest BCUT2D eigenvalue weighted by Crippen LogP contribution is -2.39. The number of esters is 1. The maximum Gasteiger partial charge on any atom is 0.310 e. The van der Waals surface area contributed by atoms with E-state index in [1.807, 2.05) is 11.0 Å². The Kier molecular flexibility index (Phi) is 4.45. The summed E-state index contributed by atoms with van der Waals surface area (Å²) in [6.45, 7) is 1.48. The minimum absolute atomic E-state index is 0.0923. The molecule has 0 radical (unpaired) electrons. The second-order valence-electron chi connectivity index (χ2n) is 4.27. The number of nitrogens with zero attached hydrogens (tertiary/aromatic N) is 2. The highest BCUT2D eigenvalue weighted by Gasteiger charge is 2.28. The number of halogens is 2. The van der Waals surface area contributed by atoms with E-state index in [1.165, 1.54) is 7.11 Å². The van der Waals surface area contributed by atoms with Crippen LogP contribution in [-0.2, 0) is 9.53 Å². The molecule has 1 atom stereocenters. The highest BCUT2D eigenvalue weighted by molar-refractivity contribution is 9.10. The summed E-state index contributed by atoms with van der Waals surface area (Å²) in [7, 11) is 1.42. The summed E-state index contributed by atoms with van der Waals surface area (Å²) in [6.07, 6.45) is 3.51. The number of hydrogen-bond acceptors (Lipinski definition) is 4. The molecule has 18 heavy (non-hydrogen) atoms. The number of rotatable bonds is 2. The molecule has 0 spiro atoms. The zero-order valence-corrected chi connectivity index (χ0v) is 12.4. The predicted molar refractivity (Wildman–Crippen MR) is 73.9 cm³/mol. The zero-order chi connectivity index (χ0) is 13.1. The summed E-state index contributed by atoms with van der Waals surface area (Å²) in [5, 5.41) is 0.592. The van der Waals surface area contributed by atoms with Crippen LogP contribution >= 0.6 is 27.5 Å². The van der Waals surface area contributed by atoms with Crippen molar-refractivity contribution in [3.05, 3.63) is 21.8 Å². The predicted octanol–water partition coefficient (Wildman–Crippen LogP) is 2.89. The van der Waals surface area contributed by atoms with Crippen molar-refractivity contribution in [2.24, 2.45) is 5.92 Å². The van der Waals surface area contributed by atoms with Crippen LogP contribution in [0.1, 0.15) is 12.8 Å². The maximum absolute atomic E-state index is 11.6. The van der Waals surface area contributed by atoms with Crippen LogP contribution < -0.4 is 4.90 Å². The number of carbonyl (C=O) groups is 1. The summed E-state index contributed by atoms with van der Waals surface area (Å²) >= 11 is 9.50. The van der Waals surface area contributed by atoms with Crippen molar-refractivity contribution in [2.45, 2.75) is 12.8 Å². The fraction of sp³-hybridized carbons (Fsp3) is 0.500. The van der Waals surface area contributed by atoms with Crippen molar-refractivity contribution in [3.8, 4) is 0 Å². The topological polar surface area (TPSA) is 42.4 Å². The van der Waals surface area contributed by atoms with Gasteiger partial charge in [0.05, 0.1) is 18.1 Å². The van der Waals surface area contributed by atoms with E-state index in [0.717, 1.165) is 29.7 Å². The number of piperidine rings is 1. The number of hydrogen-bond donors (Lipinski definition) is 0. The quantitative estimate of drug-likeness (QED) is 0.781. The second-order valence-corrected chi connectivity index (χ2v) is 5.59. The van der Waals surface area contributed by atoms with Crippen molar-refractivity contribution in [1.82, 2.24) is 4.98 Å². The number of methoxy groups -OCH3 is 1. The molecular formula is C12H14BrClN2O2. The average molecular weight is 334 g/mol. The summed E-state index contributed by atoms with van der Waals surface area (Å²) in [5.74, 6) is 0.478. The second kappa shape index (κ2) is 5.89. The fourth-order valence-electron chi connectivity index (χ4n) is 2.17. The molecule has 6 heteroatoms. The Morgan fingerprint density at radius 2 is 2.44 bits per heavy atom. The van der Waals surface area contributed by atoms with Crippen LogP contribution in [0.4, 0.5) is 5.82 Å². The standard InChI is InChI=1S/C12H14BrClN2O2/c1-18-12(17)8-3-2-4-16(7-8)11-10(14)5-9(13)6-15-11/h5-6,8H,2-4,7H2,1H3. The van der Waals surface area contributed by atoms with E-state index in [0.29, 0.717) is 11.6 Å². The molecule has 0 amide bonds. The first-order valence-electron chi connectivity index (χ1n) is 5.75. The van der Waals surface area contributed by atoms with Crippen LogP contribution in [0, 0.1) is 5.92 Å². The van der Waals surface area contributed by atoms with Gasteiger partial charge in [-0.1, -0.05) is 11.6 Å². The van der Waals surface area contributed by atoms with Crippen LogP contribution in [0.5, 0.6) is 0 Å². The molecule has 0 bridgehead atoms. The van der Waals surface area contributed by atoms with Crippen LogP contribution in [0.25, 0.3) is 0 Å². The molecular weight excluding hydrogens is 320 g/mol. The first-order chi connectivity index (χ1) is 8.61. The average Bonchev–Trinajstić information content (AvgIpc) is 2.38. The first kappa shape index (κ1) is 13.6. The third-order valence-corrected chi connectivity index (χ3v) is 3.76. The van der Waals surface area contributed by atoms with Crippen LogP contribution in [0.2, 0.25) is 5.02 Å². The van der Waals surface area contributed by atoms with Gasteiger partial charge in [0.1, 0.15) is 5.82 Å². The maximum atomic E-state index is 11.6. The Bertz CT molecular complexity index is 456. The Morgan fingerprint density at radius 3 is 3.11 bits per heavy atom. The van der Waals surface area contributed by atoms with E-state index in [4.69, 9.17) is 16.3 Å². The van der Waals surface area contributed by atoms with Gasteiger partial charge in [-0.25, -0.2) is 4.98 Å². The van der Waals surface area contributed by atoms with E-state index in [1.54, 1.807) is 6.20 Å². The molecule has 4 nitrogen and oxygen atoms in total. The van der Waals surface area contributed by atoms with Crippen molar-refractivity contribution >= 4 is 39.3 Å². The lowest BCUT2D eigenvalue weighted by molar-refractivity contribution is -0.145. The molecule has 1 aliphatic heterocycles. The number of ether oxygens (including phenoxy) is 1. The third-order valence-electron chi connectivity index (χ3n) is 3.04. The largest absolute Gasteiger partial charge is 0.469 e. The Balaban J connectivity index is 2.15. The van der Waals surface area contributed by atoms with Crippen molar-refractivity contribution in [3.63, 3.8) is 0 Å². The highest BCUT2D eigenvalue weighted by Crippen LogP contribution is 2.29. The summed E-state index contributed by atoms with van der Waals surface area (Å²) in [6, 6.07) is 1.81. The zero-order valence-electron chi connectivity index (χ0n) is 10.0. The van der Waals surface area contributed by atoms with E-state index in [2.05, 4.69) is 20.9 Å². The molecule has 2 rings (SSSR count). The van der Waals surface area contributed by atoms with Gasteiger partial charge in [-0.3, -0.25) is 4.79 Å². The molecule has 1 aliphatic rings. The Morgan fingerprint density at radius 1 is 1.67 bits per heavy atom. The van der Waals surface area contributed by atoms with E-state index in [9.17, 15) is 4.79 Å². The van der Waals surface area contributed by atoms with Gasteiger partial charge in [0.25, 0.3) is 0 Å². The van der Waals surface area contributed by atoms with Gasteiger partial charge in [-0.15, -0.1) is 0 Å². The third kappa shape index (κ3) is 2.95. The molecule has 2 heterocycles.